The van der Waals surface area contributed by atoms with Gasteiger partial charge in [0.1, 0.15) is 11.9 Å². The first kappa shape index (κ1) is 22.8. The number of aromatic nitrogens is 3. The normalized spacial score (nSPS) is 16.1. The molecule has 1 aliphatic heterocycles. The number of nitrogens with zero attached hydrogens (tertiary/aromatic N) is 4. The van der Waals surface area contributed by atoms with Crippen molar-refractivity contribution in [2.75, 3.05) is 20.3 Å². The smallest absolute Gasteiger partial charge is 0.191 e. The summed E-state index contributed by atoms with van der Waals surface area (Å²) in [6, 6.07) is 12.4. The third-order valence-corrected chi connectivity index (χ3v) is 5.57. The monoisotopic (exact) mass is 448 g/mol. The van der Waals surface area contributed by atoms with Crippen LogP contribution in [0.2, 0.25) is 0 Å². The van der Waals surface area contributed by atoms with Crippen LogP contribution in [0.4, 0.5) is 0 Å². The Morgan fingerprint density at radius 2 is 2.00 bits per heavy atom. The Hall–Kier alpha value is -3.39. The second-order valence-corrected chi connectivity index (χ2v) is 8.36. The topological polar surface area (TPSA) is 85.6 Å². The Morgan fingerprint density at radius 1 is 1.15 bits per heavy atom. The highest BCUT2D eigenvalue weighted by Crippen LogP contribution is 2.23. The molecule has 8 heteroatoms. The molecular formula is C25H32N6O2. The number of ether oxygens (including phenoxy) is 2. The van der Waals surface area contributed by atoms with E-state index in [2.05, 4.69) is 56.9 Å². The minimum atomic E-state index is 0.118. The summed E-state index contributed by atoms with van der Waals surface area (Å²) in [6.45, 7) is 8.71. The molecule has 8 nitrogen and oxygen atoms in total. The minimum absolute atomic E-state index is 0.118. The summed E-state index contributed by atoms with van der Waals surface area (Å²) < 4.78 is 13.5. The molecule has 1 unspecified atom stereocenters. The van der Waals surface area contributed by atoms with Crippen molar-refractivity contribution in [3.05, 3.63) is 70.7 Å². The van der Waals surface area contributed by atoms with E-state index >= 15 is 0 Å². The fraction of sp³-hybridized carbons (Fsp3) is 0.400. The van der Waals surface area contributed by atoms with E-state index in [1.807, 2.05) is 36.9 Å². The predicted molar refractivity (Wildman–Crippen MR) is 129 cm³/mol. The molecule has 0 amide bonds. The number of aliphatic imine (C=N–C) groups is 1. The van der Waals surface area contributed by atoms with Crippen molar-refractivity contribution in [2.45, 2.75) is 46.4 Å². The van der Waals surface area contributed by atoms with Gasteiger partial charge in [0.2, 0.25) is 0 Å². The Kier molecular flexibility index (Phi) is 7.24. The summed E-state index contributed by atoms with van der Waals surface area (Å²) >= 11 is 0. The summed E-state index contributed by atoms with van der Waals surface area (Å²) in [6.07, 6.45) is 2.91. The molecule has 33 heavy (non-hydrogen) atoms. The molecule has 1 fully saturated rings. The van der Waals surface area contributed by atoms with E-state index in [0.717, 1.165) is 47.1 Å². The van der Waals surface area contributed by atoms with Gasteiger partial charge < -0.3 is 20.1 Å². The van der Waals surface area contributed by atoms with E-state index in [4.69, 9.17) is 9.47 Å². The largest absolute Gasteiger partial charge is 0.488 e. The van der Waals surface area contributed by atoms with Gasteiger partial charge in [0, 0.05) is 44.0 Å². The molecule has 0 aliphatic carbocycles. The van der Waals surface area contributed by atoms with Crippen LogP contribution in [0.5, 0.6) is 5.75 Å². The zero-order chi connectivity index (χ0) is 23.2. The molecule has 174 valence electrons. The average molecular weight is 449 g/mol. The van der Waals surface area contributed by atoms with E-state index in [0.29, 0.717) is 25.7 Å². The Morgan fingerprint density at radius 3 is 2.67 bits per heavy atom. The van der Waals surface area contributed by atoms with Gasteiger partial charge in [-0.25, -0.2) is 9.67 Å². The molecule has 1 aromatic carbocycles. The number of nitrogens with one attached hydrogen (secondary N) is 2. The third-order valence-electron chi connectivity index (χ3n) is 5.57. The summed E-state index contributed by atoms with van der Waals surface area (Å²) in [7, 11) is 1.77. The van der Waals surface area contributed by atoms with Gasteiger partial charge in [0.25, 0.3) is 0 Å². The fourth-order valence-electron chi connectivity index (χ4n) is 3.80. The zero-order valence-electron chi connectivity index (χ0n) is 19.8. The summed E-state index contributed by atoms with van der Waals surface area (Å²) in [5, 5.41) is 11.2. The van der Waals surface area contributed by atoms with E-state index in [9.17, 15) is 0 Å². The molecule has 3 aromatic rings. The van der Waals surface area contributed by atoms with Crippen LogP contribution in [0, 0.1) is 20.8 Å². The molecule has 1 saturated heterocycles. The number of hydrogen-bond donors (Lipinski definition) is 2. The van der Waals surface area contributed by atoms with Crippen molar-refractivity contribution in [3.63, 3.8) is 0 Å². The minimum Gasteiger partial charge on any atom is -0.488 e. The van der Waals surface area contributed by atoms with Gasteiger partial charge in [-0.3, -0.25) is 4.99 Å². The maximum atomic E-state index is 6.20. The second-order valence-electron chi connectivity index (χ2n) is 8.36. The zero-order valence-corrected chi connectivity index (χ0v) is 19.8. The quantitative estimate of drug-likeness (QED) is 0.426. The first-order chi connectivity index (χ1) is 16.0. The molecule has 0 spiro atoms. The van der Waals surface area contributed by atoms with Crippen molar-refractivity contribution >= 4 is 5.96 Å². The van der Waals surface area contributed by atoms with Gasteiger partial charge in [-0.15, -0.1) is 0 Å². The SMILES string of the molecule is CN=C(NCc1ccc(-n2nc(C)cc2C)nc1)NCc1ccc(C)cc1OC1CCOC1. The Labute approximate surface area is 195 Å². The van der Waals surface area contributed by atoms with E-state index < -0.39 is 0 Å². The number of guanidine groups is 1. The number of rotatable bonds is 7. The lowest BCUT2D eigenvalue weighted by molar-refractivity contribution is 0.140. The molecule has 4 rings (SSSR count). The van der Waals surface area contributed by atoms with Crippen molar-refractivity contribution in [1.29, 1.82) is 0 Å². The first-order valence-electron chi connectivity index (χ1n) is 11.3. The van der Waals surface area contributed by atoms with Crippen molar-refractivity contribution in [3.8, 4) is 11.6 Å². The highest BCUT2D eigenvalue weighted by Gasteiger charge is 2.18. The highest BCUT2D eigenvalue weighted by atomic mass is 16.5. The Balaban J connectivity index is 1.33. The lowest BCUT2D eigenvalue weighted by Crippen LogP contribution is -2.36. The Bertz CT molecular complexity index is 1100. The third kappa shape index (κ3) is 5.90. The fourth-order valence-corrected chi connectivity index (χ4v) is 3.80. The molecule has 0 radical (unpaired) electrons. The van der Waals surface area contributed by atoms with Crippen molar-refractivity contribution in [2.24, 2.45) is 4.99 Å². The summed E-state index contributed by atoms with van der Waals surface area (Å²) in [5.41, 5.74) is 5.37. The molecule has 2 aromatic heterocycles. The van der Waals surface area contributed by atoms with E-state index in [1.54, 1.807) is 7.05 Å². The van der Waals surface area contributed by atoms with Gasteiger partial charge in [-0.05, 0) is 50.1 Å². The van der Waals surface area contributed by atoms with Gasteiger partial charge >= 0.3 is 0 Å². The van der Waals surface area contributed by atoms with Crippen LogP contribution in [0.3, 0.4) is 0 Å². The molecular weight excluding hydrogens is 416 g/mol. The van der Waals surface area contributed by atoms with Crippen LogP contribution >= 0.6 is 0 Å². The maximum Gasteiger partial charge on any atom is 0.191 e. The first-order valence-corrected chi connectivity index (χ1v) is 11.3. The van der Waals surface area contributed by atoms with Crippen LogP contribution in [0.15, 0.2) is 47.6 Å². The van der Waals surface area contributed by atoms with Gasteiger partial charge in [-0.1, -0.05) is 18.2 Å². The summed E-state index contributed by atoms with van der Waals surface area (Å²) in [5.74, 6) is 2.43. The van der Waals surface area contributed by atoms with Crippen LogP contribution in [0.25, 0.3) is 5.82 Å². The number of benzene rings is 1. The molecule has 0 bridgehead atoms. The van der Waals surface area contributed by atoms with Gasteiger partial charge in [0.05, 0.1) is 18.9 Å². The maximum absolute atomic E-state index is 6.20. The number of pyridine rings is 1. The molecule has 1 atom stereocenters. The van der Waals surface area contributed by atoms with Crippen molar-refractivity contribution < 1.29 is 9.47 Å². The molecule has 1 aliphatic rings. The van der Waals surface area contributed by atoms with Gasteiger partial charge in [0.15, 0.2) is 11.8 Å². The lowest BCUT2D eigenvalue weighted by atomic mass is 10.1. The average Bonchev–Trinajstić information content (AvgIpc) is 3.44. The summed E-state index contributed by atoms with van der Waals surface area (Å²) in [4.78, 5) is 8.91. The number of aryl methyl sites for hydroxylation is 3. The second kappa shape index (κ2) is 10.5. The number of hydrogen-bond acceptors (Lipinski definition) is 5. The van der Waals surface area contributed by atoms with Gasteiger partial charge in [-0.2, -0.15) is 5.10 Å². The van der Waals surface area contributed by atoms with E-state index in [1.165, 1.54) is 5.56 Å². The molecule has 0 saturated carbocycles. The van der Waals surface area contributed by atoms with Crippen molar-refractivity contribution in [1.82, 2.24) is 25.4 Å². The predicted octanol–water partition coefficient (Wildman–Crippen LogP) is 3.23. The van der Waals surface area contributed by atoms with Crippen LogP contribution < -0.4 is 15.4 Å². The van der Waals surface area contributed by atoms with Crippen LogP contribution in [-0.2, 0) is 17.8 Å². The lowest BCUT2D eigenvalue weighted by Gasteiger charge is -2.18. The van der Waals surface area contributed by atoms with Crippen LogP contribution in [-0.4, -0.2) is 47.1 Å². The highest BCUT2D eigenvalue weighted by molar-refractivity contribution is 5.79. The molecule has 2 N–H and O–H groups in total. The molecule has 3 heterocycles. The van der Waals surface area contributed by atoms with Crippen LogP contribution in [0.1, 0.15) is 34.5 Å². The standard InChI is InChI=1S/C25H32N6O2/c1-17-5-7-21(23(11-17)33-22-9-10-32-16-22)15-29-25(26-4)28-14-20-6-8-24(27-13-20)31-19(3)12-18(2)30-31/h5-8,11-13,22H,9-10,14-16H2,1-4H3,(H2,26,28,29). The van der Waals surface area contributed by atoms with E-state index in [-0.39, 0.29) is 6.10 Å².